The van der Waals surface area contributed by atoms with E-state index in [1.165, 1.54) is 5.69 Å². The van der Waals surface area contributed by atoms with E-state index in [4.69, 9.17) is 4.52 Å². The zero-order chi connectivity index (χ0) is 20.8. The first kappa shape index (κ1) is 25.0. The molecule has 0 amide bonds. The number of aromatic nitrogens is 1. The number of fused-ring (bicyclic) bond motifs is 1. The molecule has 1 aromatic carbocycles. The van der Waals surface area contributed by atoms with Gasteiger partial charge in [0, 0.05) is 28.6 Å². The lowest BCUT2D eigenvalue weighted by Gasteiger charge is -2.32. The molecular formula is C20H34ClN2O4P. The van der Waals surface area contributed by atoms with Gasteiger partial charge < -0.3 is 14.0 Å². The van der Waals surface area contributed by atoms with Crippen LogP contribution < -0.4 is 4.52 Å². The van der Waals surface area contributed by atoms with Crippen LogP contribution in [0.5, 0.6) is 5.75 Å². The van der Waals surface area contributed by atoms with Crippen molar-refractivity contribution in [2.75, 3.05) is 20.6 Å². The summed E-state index contributed by atoms with van der Waals surface area (Å²) in [6.07, 6.45) is 0.765. The van der Waals surface area contributed by atoms with E-state index in [0.29, 0.717) is 0 Å². The topological polar surface area (TPSA) is 74.9 Å². The van der Waals surface area contributed by atoms with Crippen molar-refractivity contribution in [3.05, 3.63) is 29.5 Å². The lowest BCUT2D eigenvalue weighted by atomic mass is 9.86. The third kappa shape index (κ3) is 5.52. The minimum Gasteiger partial charge on any atom is -0.404 e. The van der Waals surface area contributed by atoms with Crippen molar-refractivity contribution in [1.82, 2.24) is 9.47 Å². The summed E-state index contributed by atoms with van der Waals surface area (Å²) >= 11 is 0. The second-order valence-corrected chi connectivity index (χ2v) is 10.5. The molecule has 2 rings (SSSR count). The zero-order valence-corrected chi connectivity index (χ0v) is 19.8. The summed E-state index contributed by atoms with van der Waals surface area (Å²) < 4.78 is 19.0. The Morgan fingerprint density at radius 2 is 1.68 bits per heavy atom. The SMILES string of the molecule is CN(C)CCc1c(C(C)(C)C)n(C(C)(C)C)c2cccc(OP(=O)(O)O)c12.Cl. The van der Waals surface area contributed by atoms with Gasteiger partial charge in [-0.05, 0) is 59.0 Å². The van der Waals surface area contributed by atoms with Crippen LogP contribution in [0.25, 0.3) is 10.9 Å². The summed E-state index contributed by atoms with van der Waals surface area (Å²) in [5.41, 5.74) is 2.86. The van der Waals surface area contributed by atoms with Gasteiger partial charge in [0.1, 0.15) is 5.75 Å². The second kappa shape index (κ2) is 8.37. The molecule has 8 heteroatoms. The second-order valence-electron chi connectivity index (χ2n) is 9.37. The van der Waals surface area contributed by atoms with Gasteiger partial charge in [-0.2, -0.15) is 0 Å². The Bertz CT molecular complexity index is 873. The monoisotopic (exact) mass is 432 g/mol. The molecule has 0 unspecified atom stereocenters. The molecular weight excluding hydrogens is 399 g/mol. The number of likely N-dealkylation sites (N-methyl/N-ethyl adjacent to an activating group) is 1. The third-order valence-corrected chi connectivity index (χ3v) is 4.90. The van der Waals surface area contributed by atoms with Crippen LogP contribution in [0, 0.1) is 0 Å². The molecule has 2 N–H and O–H groups in total. The third-order valence-electron chi connectivity index (χ3n) is 4.46. The largest absolute Gasteiger partial charge is 0.524 e. The number of phosphoric ester groups is 1. The van der Waals surface area contributed by atoms with Crippen LogP contribution in [0.1, 0.15) is 52.8 Å². The predicted molar refractivity (Wildman–Crippen MR) is 118 cm³/mol. The van der Waals surface area contributed by atoms with E-state index in [-0.39, 0.29) is 29.1 Å². The summed E-state index contributed by atoms with van der Waals surface area (Å²) in [5.74, 6) is 0.239. The van der Waals surface area contributed by atoms with Crippen LogP contribution >= 0.6 is 20.2 Å². The summed E-state index contributed by atoms with van der Waals surface area (Å²) in [4.78, 5) is 20.9. The van der Waals surface area contributed by atoms with E-state index in [2.05, 4.69) is 51.0 Å². The summed E-state index contributed by atoms with van der Waals surface area (Å²) in [7, 11) is -0.616. The van der Waals surface area contributed by atoms with Crippen molar-refractivity contribution in [2.24, 2.45) is 0 Å². The van der Waals surface area contributed by atoms with Crippen LogP contribution in [0.3, 0.4) is 0 Å². The Balaban J connectivity index is 0.00000392. The Morgan fingerprint density at radius 1 is 1.11 bits per heavy atom. The minimum atomic E-state index is -4.66. The Hall–Kier alpha value is -1.04. The molecule has 0 bridgehead atoms. The van der Waals surface area contributed by atoms with Gasteiger partial charge >= 0.3 is 7.82 Å². The smallest absolute Gasteiger partial charge is 0.404 e. The van der Waals surface area contributed by atoms with Crippen LogP contribution in [0.2, 0.25) is 0 Å². The fourth-order valence-corrected chi connectivity index (χ4v) is 4.06. The number of phosphoric acid groups is 1. The van der Waals surface area contributed by atoms with E-state index in [1.54, 1.807) is 12.1 Å². The van der Waals surface area contributed by atoms with Crippen molar-refractivity contribution < 1.29 is 18.9 Å². The van der Waals surface area contributed by atoms with Gasteiger partial charge in [0.2, 0.25) is 0 Å². The number of rotatable bonds is 5. The average Bonchev–Trinajstić information content (AvgIpc) is 2.78. The van der Waals surface area contributed by atoms with E-state index < -0.39 is 7.82 Å². The number of halogens is 1. The van der Waals surface area contributed by atoms with E-state index >= 15 is 0 Å². The normalized spacial score (nSPS) is 13.1. The van der Waals surface area contributed by atoms with E-state index in [9.17, 15) is 14.4 Å². The van der Waals surface area contributed by atoms with Crippen molar-refractivity contribution in [3.63, 3.8) is 0 Å². The van der Waals surface area contributed by atoms with Gasteiger partial charge in [0.05, 0.1) is 5.52 Å². The highest BCUT2D eigenvalue weighted by molar-refractivity contribution is 7.46. The van der Waals surface area contributed by atoms with Crippen molar-refractivity contribution in [1.29, 1.82) is 0 Å². The Kier molecular flexibility index (Phi) is 7.47. The molecule has 6 nitrogen and oxygen atoms in total. The quantitative estimate of drug-likeness (QED) is 0.670. The first-order chi connectivity index (χ1) is 12.1. The van der Waals surface area contributed by atoms with Gasteiger partial charge in [-0.1, -0.05) is 26.8 Å². The summed E-state index contributed by atoms with van der Waals surface area (Å²) in [6.45, 7) is 13.8. The lowest BCUT2D eigenvalue weighted by Crippen LogP contribution is -2.30. The van der Waals surface area contributed by atoms with Gasteiger partial charge in [-0.15, -0.1) is 12.4 Å². The van der Waals surface area contributed by atoms with E-state index in [1.807, 2.05) is 20.2 Å². The fraction of sp³-hybridized carbons (Fsp3) is 0.600. The van der Waals surface area contributed by atoms with Gasteiger partial charge in [-0.3, -0.25) is 9.79 Å². The molecule has 0 aliphatic carbocycles. The van der Waals surface area contributed by atoms with Crippen LogP contribution in [-0.2, 0) is 21.9 Å². The van der Waals surface area contributed by atoms with Crippen molar-refractivity contribution in [2.45, 2.75) is 58.9 Å². The Morgan fingerprint density at radius 3 is 2.11 bits per heavy atom. The maximum Gasteiger partial charge on any atom is 0.524 e. The molecule has 160 valence electrons. The zero-order valence-electron chi connectivity index (χ0n) is 18.1. The molecule has 1 heterocycles. The molecule has 2 aromatic rings. The lowest BCUT2D eigenvalue weighted by molar-refractivity contribution is 0.284. The minimum absolute atomic E-state index is 0. The molecule has 0 atom stereocenters. The highest BCUT2D eigenvalue weighted by Gasteiger charge is 2.33. The van der Waals surface area contributed by atoms with Crippen LogP contribution in [-0.4, -0.2) is 39.9 Å². The molecule has 28 heavy (non-hydrogen) atoms. The summed E-state index contributed by atoms with van der Waals surface area (Å²) in [5, 5.41) is 0.794. The maximum atomic E-state index is 11.6. The fourth-order valence-electron chi connectivity index (χ4n) is 3.65. The first-order valence-corrected chi connectivity index (χ1v) is 10.7. The standard InChI is InChI=1S/C20H33N2O4P.ClH/c1-19(2,3)18-14(12-13-21(7)8)17-15(22(18)20(4,5)6)10-9-11-16(17)26-27(23,24)25;/h9-11H,12-13H2,1-8H3,(H2,23,24,25);1H. The van der Waals surface area contributed by atoms with Crippen molar-refractivity contribution >= 4 is 31.1 Å². The molecule has 0 saturated carbocycles. The summed E-state index contributed by atoms with van der Waals surface area (Å²) in [6, 6.07) is 5.43. The molecule has 0 aliphatic heterocycles. The number of hydrogen-bond donors (Lipinski definition) is 2. The molecule has 0 spiro atoms. The maximum absolute atomic E-state index is 11.6. The van der Waals surface area contributed by atoms with E-state index in [0.717, 1.165) is 29.4 Å². The number of benzene rings is 1. The highest BCUT2D eigenvalue weighted by atomic mass is 35.5. The highest BCUT2D eigenvalue weighted by Crippen LogP contribution is 2.46. The van der Waals surface area contributed by atoms with Gasteiger partial charge in [0.25, 0.3) is 0 Å². The van der Waals surface area contributed by atoms with Crippen LogP contribution in [0.4, 0.5) is 0 Å². The molecule has 0 radical (unpaired) electrons. The number of hydrogen-bond acceptors (Lipinski definition) is 3. The molecule has 0 saturated heterocycles. The number of nitrogens with zero attached hydrogens (tertiary/aromatic N) is 2. The van der Waals surface area contributed by atoms with Gasteiger partial charge in [0.15, 0.2) is 0 Å². The predicted octanol–water partition coefficient (Wildman–Crippen LogP) is 4.69. The van der Waals surface area contributed by atoms with Crippen LogP contribution in [0.15, 0.2) is 18.2 Å². The van der Waals surface area contributed by atoms with Crippen molar-refractivity contribution in [3.8, 4) is 5.75 Å². The molecule has 1 aromatic heterocycles. The average molecular weight is 433 g/mol. The van der Waals surface area contributed by atoms with Gasteiger partial charge in [-0.25, -0.2) is 4.57 Å². The molecule has 0 fully saturated rings. The Labute approximate surface area is 174 Å². The molecule has 0 aliphatic rings. The first-order valence-electron chi connectivity index (χ1n) is 9.20.